The number of carbonyl (C=O) groups excluding carboxylic acids is 2. The van der Waals surface area contributed by atoms with Crippen molar-refractivity contribution in [2.24, 2.45) is 0 Å². The van der Waals surface area contributed by atoms with Gasteiger partial charge < -0.3 is 15.7 Å². The summed E-state index contributed by atoms with van der Waals surface area (Å²) in [5, 5.41) is 15.9. The van der Waals surface area contributed by atoms with Crippen LogP contribution in [0.5, 0.6) is 0 Å². The molecule has 2 aromatic rings. The maximum Gasteiger partial charge on any atom is 0.261 e. The van der Waals surface area contributed by atoms with Gasteiger partial charge >= 0.3 is 0 Å². The molecule has 2 heterocycles. The summed E-state index contributed by atoms with van der Waals surface area (Å²) >= 11 is 1.85. The first-order valence-corrected chi connectivity index (χ1v) is 11.1. The molecule has 0 saturated heterocycles. The van der Waals surface area contributed by atoms with Crippen molar-refractivity contribution in [1.82, 2.24) is 10.6 Å². The number of rotatable bonds is 7. The molecular weight excluding hydrogens is 396 g/mol. The Hall–Kier alpha value is -2.99. The van der Waals surface area contributed by atoms with Gasteiger partial charge in [-0.15, -0.1) is 11.8 Å². The second-order valence-corrected chi connectivity index (χ2v) is 8.53. The molecule has 0 fully saturated rings. The lowest BCUT2D eigenvalue weighted by atomic mass is 10.0. The van der Waals surface area contributed by atoms with Crippen molar-refractivity contribution in [3.8, 4) is 0 Å². The van der Waals surface area contributed by atoms with Gasteiger partial charge in [0.15, 0.2) is 0 Å². The molecule has 0 aromatic heterocycles. The molecule has 1 unspecified atom stereocenters. The SMILES string of the molecule is O=C(NCc1ccc(C2=CCCS2)cc1)C1=C(O)C(CCc2ccccc2)NC1=O. The summed E-state index contributed by atoms with van der Waals surface area (Å²) in [6.07, 6.45) is 4.58. The molecule has 2 amide bonds. The second kappa shape index (κ2) is 9.22. The molecule has 0 radical (unpaired) electrons. The Labute approximate surface area is 180 Å². The molecule has 2 aromatic carbocycles. The van der Waals surface area contributed by atoms with Crippen molar-refractivity contribution in [1.29, 1.82) is 0 Å². The van der Waals surface area contributed by atoms with Crippen LogP contribution in [0.2, 0.25) is 0 Å². The predicted octanol–water partition coefficient (Wildman–Crippen LogP) is 3.72. The van der Waals surface area contributed by atoms with Crippen molar-refractivity contribution >= 4 is 28.5 Å². The van der Waals surface area contributed by atoms with Crippen molar-refractivity contribution in [3.05, 3.63) is 88.7 Å². The lowest BCUT2D eigenvalue weighted by Crippen LogP contribution is -2.32. The van der Waals surface area contributed by atoms with Crippen LogP contribution < -0.4 is 10.6 Å². The Kier molecular flexibility index (Phi) is 6.23. The Morgan fingerprint density at radius 2 is 1.87 bits per heavy atom. The van der Waals surface area contributed by atoms with Crippen LogP contribution in [0, 0.1) is 0 Å². The van der Waals surface area contributed by atoms with Crippen LogP contribution in [0.25, 0.3) is 4.91 Å². The third kappa shape index (κ3) is 4.60. The van der Waals surface area contributed by atoms with E-state index in [1.54, 1.807) is 0 Å². The zero-order valence-corrected chi connectivity index (χ0v) is 17.4. The Balaban J connectivity index is 1.34. The first-order valence-electron chi connectivity index (χ1n) is 10.1. The first-order chi connectivity index (χ1) is 14.6. The average molecular weight is 421 g/mol. The summed E-state index contributed by atoms with van der Waals surface area (Å²) in [6, 6.07) is 17.3. The van der Waals surface area contributed by atoms with Crippen LogP contribution in [0.1, 0.15) is 29.5 Å². The molecule has 1 atom stereocenters. The summed E-state index contributed by atoms with van der Waals surface area (Å²) in [6.45, 7) is 0.296. The quantitative estimate of drug-likeness (QED) is 0.597. The first kappa shape index (κ1) is 20.3. The molecule has 30 heavy (non-hydrogen) atoms. The van der Waals surface area contributed by atoms with Gasteiger partial charge in [0.1, 0.15) is 11.3 Å². The van der Waals surface area contributed by atoms with E-state index in [1.165, 1.54) is 10.5 Å². The summed E-state index contributed by atoms with van der Waals surface area (Å²) in [4.78, 5) is 26.1. The summed E-state index contributed by atoms with van der Waals surface area (Å²) in [5.41, 5.74) is 3.06. The van der Waals surface area contributed by atoms with Crippen molar-refractivity contribution in [2.75, 3.05) is 5.75 Å². The Bertz CT molecular complexity index is 997. The number of benzene rings is 2. The normalized spacial score (nSPS) is 18.3. The lowest BCUT2D eigenvalue weighted by molar-refractivity contribution is -0.123. The Morgan fingerprint density at radius 3 is 2.57 bits per heavy atom. The minimum Gasteiger partial charge on any atom is -0.509 e. The van der Waals surface area contributed by atoms with Gasteiger partial charge in [-0.1, -0.05) is 60.7 Å². The van der Waals surface area contributed by atoms with Gasteiger partial charge in [-0.25, -0.2) is 0 Å². The van der Waals surface area contributed by atoms with E-state index in [0.29, 0.717) is 19.4 Å². The summed E-state index contributed by atoms with van der Waals surface area (Å²) < 4.78 is 0. The smallest absolute Gasteiger partial charge is 0.261 e. The van der Waals surface area contributed by atoms with Gasteiger partial charge in [0, 0.05) is 17.2 Å². The maximum absolute atomic E-state index is 12.5. The number of amides is 2. The van der Waals surface area contributed by atoms with E-state index in [9.17, 15) is 14.7 Å². The minimum absolute atomic E-state index is 0.172. The van der Waals surface area contributed by atoms with Crippen molar-refractivity contribution < 1.29 is 14.7 Å². The molecule has 0 saturated carbocycles. The van der Waals surface area contributed by atoms with E-state index in [2.05, 4.69) is 16.7 Å². The van der Waals surface area contributed by atoms with Gasteiger partial charge in [0.25, 0.3) is 11.8 Å². The van der Waals surface area contributed by atoms with Crippen molar-refractivity contribution in [2.45, 2.75) is 31.8 Å². The number of aryl methyl sites for hydroxylation is 1. The van der Waals surface area contributed by atoms with Gasteiger partial charge in [-0.05, 0) is 36.0 Å². The van der Waals surface area contributed by atoms with Crippen LogP contribution in [0.3, 0.4) is 0 Å². The van der Waals surface area contributed by atoms with Gasteiger partial charge in [0.2, 0.25) is 0 Å². The zero-order chi connectivity index (χ0) is 20.9. The number of carbonyl (C=O) groups is 2. The highest BCUT2D eigenvalue weighted by Crippen LogP contribution is 2.33. The van der Waals surface area contributed by atoms with E-state index < -0.39 is 17.9 Å². The maximum atomic E-state index is 12.5. The van der Waals surface area contributed by atoms with E-state index in [0.717, 1.165) is 23.3 Å². The average Bonchev–Trinajstić information content (AvgIpc) is 3.40. The molecule has 0 bridgehead atoms. The van der Waals surface area contributed by atoms with E-state index in [1.807, 2.05) is 66.4 Å². The number of aliphatic hydroxyl groups is 1. The van der Waals surface area contributed by atoms with Gasteiger partial charge in [-0.2, -0.15) is 0 Å². The predicted molar refractivity (Wildman–Crippen MR) is 120 cm³/mol. The number of allylic oxidation sites excluding steroid dienone is 1. The number of aliphatic hydroxyl groups excluding tert-OH is 1. The number of nitrogens with one attached hydrogen (secondary N) is 2. The molecule has 5 nitrogen and oxygen atoms in total. The second-order valence-electron chi connectivity index (χ2n) is 7.40. The molecule has 4 rings (SSSR count). The van der Waals surface area contributed by atoms with Crippen LogP contribution in [-0.4, -0.2) is 28.7 Å². The monoisotopic (exact) mass is 420 g/mol. The molecule has 6 heteroatoms. The molecule has 154 valence electrons. The largest absolute Gasteiger partial charge is 0.509 e. The van der Waals surface area contributed by atoms with Crippen LogP contribution >= 0.6 is 11.8 Å². The zero-order valence-electron chi connectivity index (χ0n) is 16.6. The van der Waals surface area contributed by atoms with Gasteiger partial charge in [-0.3, -0.25) is 9.59 Å². The molecule has 3 N–H and O–H groups in total. The fourth-order valence-electron chi connectivity index (χ4n) is 3.65. The van der Waals surface area contributed by atoms with E-state index in [4.69, 9.17) is 0 Å². The summed E-state index contributed by atoms with van der Waals surface area (Å²) in [5.74, 6) is -0.122. The number of hydrogen-bond donors (Lipinski definition) is 3. The molecule has 2 aliphatic rings. The number of thioether (sulfide) groups is 1. The van der Waals surface area contributed by atoms with Gasteiger partial charge in [0.05, 0.1) is 6.04 Å². The van der Waals surface area contributed by atoms with Crippen molar-refractivity contribution in [3.63, 3.8) is 0 Å². The fourth-order valence-corrected chi connectivity index (χ4v) is 4.64. The molecule has 0 spiro atoms. The molecule has 0 aliphatic carbocycles. The van der Waals surface area contributed by atoms with Crippen LogP contribution in [-0.2, 0) is 22.6 Å². The fraction of sp³-hybridized carbons (Fsp3) is 0.250. The molecular formula is C24H24N2O3S. The summed E-state index contributed by atoms with van der Waals surface area (Å²) in [7, 11) is 0. The minimum atomic E-state index is -0.551. The third-order valence-electron chi connectivity index (χ3n) is 5.31. The lowest BCUT2D eigenvalue weighted by Gasteiger charge is -2.10. The number of hydrogen-bond acceptors (Lipinski definition) is 4. The van der Waals surface area contributed by atoms with E-state index in [-0.39, 0.29) is 11.3 Å². The standard InChI is InChI=1S/C24H24N2O3S/c27-22-19(13-10-16-5-2-1-3-6-16)26-24(29)21(22)23(28)25-15-17-8-11-18(12-9-17)20-7-4-14-30-20/h1-3,5-9,11-12,19,27H,4,10,13-15H2,(H,25,28)(H,26,29). The highest BCUT2D eigenvalue weighted by molar-refractivity contribution is 8.08. The molecule has 2 aliphatic heterocycles. The van der Waals surface area contributed by atoms with Crippen LogP contribution in [0.15, 0.2) is 72.0 Å². The highest BCUT2D eigenvalue weighted by Gasteiger charge is 2.35. The third-order valence-corrected chi connectivity index (χ3v) is 6.46. The Morgan fingerprint density at radius 1 is 1.10 bits per heavy atom. The topological polar surface area (TPSA) is 78.4 Å². The van der Waals surface area contributed by atoms with Crippen LogP contribution in [0.4, 0.5) is 0 Å². The highest BCUT2D eigenvalue weighted by atomic mass is 32.2. The van der Waals surface area contributed by atoms with E-state index >= 15 is 0 Å².